The Hall–Kier alpha value is -1.17. The number of methoxy groups -OCH3 is 1. The number of anilines is 1. The quantitative estimate of drug-likeness (QED) is 0.872. The highest BCUT2D eigenvalue weighted by Crippen LogP contribution is 2.28. The summed E-state index contributed by atoms with van der Waals surface area (Å²) in [5.41, 5.74) is 0.351. The Labute approximate surface area is 107 Å². The maximum absolute atomic E-state index is 12.7. The van der Waals surface area contributed by atoms with Gasteiger partial charge in [-0.1, -0.05) is 0 Å². The highest BCUT2D eigenvalue weighted by Gasteiger charge is 2.30. The number of carbonyl (C=O) groups excluding carboxylic acids is 1. The van der Waals surface area contributed by atoms with Gasteiger partial charge in [0.25, 0.3) is 0 Å². The van der Waals surface area contributed by atoms with E-state index in [0.29, 0.717) is 28.7 Å². The van der Waals surface area contributed by atoms with Gasteiger partial charge >= 0.3 is 5.97 Å². The molecule has 6 heteroatoms. The van der Waals surface area contributed by atoms with Gasteiger partial charge in [0.05, 0.1) is 7.11 Å². The first-order chi connectivity index (χ1) is 8.10. The van der Waals surface area contributed by atoms with Crippen molar-refractivity contribution in [2.24, 2.45) is 0 Å². The van der Waals surface area contributed by atoms with E-state index in [1.807, 2.05) is 0 Å². The number of esters is 1. The number of ether oxygens (including phenoxy) is 1. The molecule has 1 heterocycles. The number of hydrogen-bond donors (Lipinski definition) is 1. The number of carbonyl (C=O) groups is 1. The predicted molar refractivity (Wildman–Crippen MR) is 64.8 cm³/mol. The molecule has 0 amide bonds. The van der Waals surface area contributed by atoms with Gasteiger partial charge in [0.2, 0.25) is 0 Å². The van der Waals surface area contributed by atoms with Gasteiger partial charge in [0.15, 0.2) is 0 Å². The molecular weight excluding hydrogens is 291 g/mol. The highest BCUT2D eigenvalue weighted by atomic mass is 79.9. The van der Waals surface area contributed by atoms with Crippen molar-refractivity contribution in [2.75, 3.05) is 12.4 Å². The molecule has 0 atom stereocenters. The van der Waals surface area contributed by atoms with Crippen molar-refractivity contribution in [1.82, 2.24) is 4.98 Å². The molecule has 0 aromatic carbocycles. The summed E-state index contributed by atoms with van der Waals surface area (Å²) in [5.74, 6) is -0.0191. The number of alkyl halides is 1. The number of rotatable bonds is 3. The molecule has 1 N–H and O–H groups in total. The molecule has 0 spiro atoms. The van der Waals surface area contributed by atoms with Gasteiger partial charge in [-0.05, 0) is 34.8 Å². The lowest BCUT2D eigenvalue weighted by atomic mass is 9.91. The fourth-order valence-electron chi connectivity index (χ4n) is 1.68. The minimum atomic E-state index is -0.746. The summed E-state index contributed by atoms with van der Waals surface area (Å²) in [6, 6.07) is 1.68. The molecule has 1 fully saturated rings. The van der Waals surface area contributed by atoms with Gasteiger partial charge in [0.1, 0.15) is 17.6 Å². The van der Waals surface area contributed by atoms with Crippen molar-refractivity contribution in [3.05, 3.63) is 22.3 Å². The second-order valence-corrected chi connectivity index (χ2v) is 4.87. The van der Waals surface area contributed by atoms with Crippen LogP contribution in [-0.4, -0.2) is 30.3 Å². The van der Waals surface area contributed by atoms with Crippen LogP contribution in [0.25, 0.3) is 0 Å². The standard InChI is InChI=1S/C11H12BrFN2O2/c1-17-11(16)9-2-6(12)5-14-10(9)15-8-3-7(13)4-8/h2,5,7-8H,3-4H2,1H3,(H,14,15). The molecule has 0 aliphatic heterocycles. The molecule has 1 saturated carbocycles. The van der Waals surface area contributed by atoms with Crippen LogP contribution in [-0.2, 0) is 4.74 Å². The first kappa shape index (κ1) is 12.3. The van der Waals surface area contributed by atoms with E-state index in [4.69, 9.17) is 0 Å². The molecule has 1 aliphatic rings. The van der Waals surface area contributed by atoms with Crippen LogP contribution in [0.3, 0.4) is 0 Å². The largest absolute Gasteiger partial charge is 0.465 e. The van der Waals surface area contributed by atoms with Gasteiger partial charge < -0.3 is 10.1 Å². The predicted octanol–water partition coefficient (Wildman–Crippen LogP) is 2.54. The third-order valence-electron chi connectivity index (χ3n) is 2.68. The molecule has 0 unspecified atom stereocenters. The summed E-state index contributed by atoms with van der Waals surface area (Å²) in [5, 5.41) is 3.05. The van der Waals surface area contributed by atoms with Crippen LogP contribution in [0.15, 0.2) is 16.7 Å². The van der Waals surface area contributed by atoms with E-state index in [2.05, 4.69) is 31.0 Å². The van der Waals surface area contributed by atoms with Crippen LogP contribution in [0, 0.1) is 0 Å². The molecule has 2 rings (SSSR count). The SMILES string of the molecule is COC(=O)c1cc(Br)cnc1NC1CC(F)C1. The first-order valence-corrected chi connectivity index (χ1v) is 6.04. The molecule has 4 nitrogen and oxygen atoms in total. The van der Waals surface area contributed by atoms with Crippen molar-refractivity contribution >= 4 is 27.7 Å². The topological polar surface area (TPSA) is 51.2 Å². The first-order valence-electron chi connectivity index (χ1n) is 5.24. The summed E-state index contributed by atoms with van der Waals surface area (Å²) < 4.78 is 18.1. The molecule has 0 radical (unpaired) electrons. The minimum Gasteiger partial charge on any atom is -0.465 e. The van der Waals surface area contributed by atoms with E-state index >= 15 is 0 Å². The third kappa shape index (κ3) is 2.74. The normalized spacial score (nSPS) is 22.8. The second-order valence-electron chi connectivity index (χ2n) is 3.95. The molecule has 0 bridgehead atoms. The summed E-state index contributed by atoms with van der Waals surface area (Å²) >= 11 is 3.24. The summed E-state index contributed by atoms with van der Waals surface area (Å²) in [4.78, 5) is 15.7. The summed E-state index contributed by atoms with van der Waals surface area (Å²) in [7, 11) is 1.31. The van der Waals surface area contributed by atoms with Gasteiger partial charge in [-0.25, -0.2) is 14.2 Å². The molecule has 1 aromatic heterocycles. The maximum atomic E-state index is 12.7. The number of aromatic nitrogens is 1. The zero-order chi connectivity index (χ0) is 12.4. The third-order valence-corrected chi connectivity index (χ3v) is 3.11. The second kappa shape index (κ2) is 5.00. The van der Waals surface area contributed by atoms with Gasteiger partial charge in [-0.3, -0.25) is 0 Å². The Morgan fingerprint density at radius 3 is 2.94 bits per heavy atom. The van der Waals surface area contributed by atoms with E-state index in [1.165, 1.54) is 7.11 Å². The molecular formula is C11H12BrFN2O2. The molecule has 0 saturated heterocycles. The fraction of sp³-hybridized carbons (Fsp3) is 0.455. The Balaban J connectivity index is 2.17. The highest BCUT2D eigenvalue weighted by molar-refractivity contribution is 9.10. The van der Waals surface area contributed by atoms with E-state index in [-0.39, 0.29) is 6.04 Å². The lowest BCUT2D eigenvalue weighted by molar-refractivity contribution is 0.0601. The average molecular weight is 303 g/mol. The molecule has 17 heavy (non-hydrogen) atoms. The minimum absolute atomic E-state index is 0.0436. The Morgan fingerprint density at radius 1 is 1.65 bits per heavy atom. The summed E-state index contributed by atoms with van der Waals surface area (Å²) in [6.45, 7) is 0. The van der Waals surface area contributed by atoms with Crippen molar-refractivity contribution in [2.45, 2.75) is 25.1 Å². The van der Waals surface area contributed by atoms with Gasteiger partial charge in [-0.2, -0.15) is 0 Å². The lowest BCUT2D eigenvalue weighted by Crippen LogP contribution is -2.37. The Morgan fingerprint density at radius 2 is 2.35 bits per heavy atom. The van der Waals surface area contributed by atoms with Gasteiger partial charge in [-0.15, -0.1) is 0 Å². The Kier molecular flexibility index (Phi) is 3.61. The lowest BCUT2D eigenvalue weighted by Gasteiger charge is -2.31. The van der Waals surface area contributed by atoms with Crippen molar-refractivity contribution in [3.63, 3.8) is 0 Å². The average Bonchev–Trinajstić information content (AvgIpc) is 2.28. The zero-order valence-electron chi connectivity index (χ0n) is 9.24. The Bertz CT molecular complexity index is 435. The number of nitrogens with zero attached hydrogens (tertiary/aromatic N) is 1. The van der Waals surface area contributed by atoms with E-state index in [1.54, 1.807) is 12.3 Å². The van der Waals surface area contributed by atoms with Crippen molar-refractivity contribution < 1.29 is 13.9 Å². The maximum Gasteiger partial charge on any atom is 0.341 e. The van der Waals surface area contributed by atoms with Gasteiger partial charge in [0, 0.05) is 16.7 Å². The van der Waals surface area contributed by atoms with E-state index in [9.17, 15) is 9.18 Å². The van der Waals surface area contributed by atoms with Crippen LogP contribution in [0.4, 0.5) is 10.2 Å². The number of nitrogens with one attached hydrogen (secondary N) is 1. The fourth-order valence-corrected chi connectivity index (χ4v) is 2.01. The van der Waals surface area contributed by atoms with Crippen LogP contribution in [0.2, 0.25) is 0 Å². The van der Waals surface area contributed by atoms with Crippen LogP contribution < -0.4 is 5.32 Å². The zero-order valence-corrected chi connectivity index (χ0v) is 10.8. The number of halogens is 2. The van der Waals surface area contributed by atoms with Crippen LogP contribution in [0.1, 0.15) is 23.2 Å². The number of hydrogen-bond acceptors (Lipinski definition) is 4. The van der Waals surface area contributed by atoms with E-state index in [0.717, 1.165) is 0 Å². The monoisotopic (exact) mass is 302 g/mol. The van der Waals surface area contributed by atoms with Crippen molar-refractivity contribution in [3.8, 4) is 0 Å². The van der Waals surface area contributed by atoms with Crippen molar-refractivity contribution in [1.29, 1.82) is 0 Å². The number of pyridine rings is 1. The molecule has 92 valence electrons. The van der Waals surface area contributed by atoms with E-state index < -0.39 is 12.1 Å². The van der Waals surface area contributed by atoms with Crippen LogP contribution in [0.5, 0.6) is 0 Å². The molecule has 1 aromatic rings. The smallest absolute Gasteiger partial charge is 0.341 e. The molecule has 1 aliphatic carbocycles. The summed E-state index contributed by atoms with van der Waals surface area (Å²) in [6.07, 6.45) is 1.75. The van der Waals surface area contributed by atoms with Crippen LogP contribution >= 0.6 is 15.9 Å².